The maximum Gasteiger partial charge on any atom is 0.260 e. The minimum Gasteiger partial charge on any atom is -0.481 e. The molecule has 1 aromatic heterocycles. The highest BCUT2D eigenvalue weighted by Gasteiger charge is 2.38. The zero-order chi connectivity index (χ0) is 17.2. The Morgan fingerprint density at radius 3 is 2.96 bits per heavy atom. The number of β-amino-alcohol motifs (C(OH)–C–C–N with tert-alkyl or cyclic N) is 1. The lowest BCUT2D eigenvalue weighted by Gasteiger charge is -2.23. The fourth-order valence-electron chi connectivity index (χ4n) is 2.64. The van der Waals surface area contributed by atoms with E-state index in [1.165, 1.54) is 15.8 Å². The SMILES string of the molecule is O=C(COc1ccc(F)cc1F)N1CCC(O)(Cn2ccnn2)C1. The van der Waals surface area contributed by atoms with Gasteiger partial charge in [-0.3, -0.25) is 4.79 Å². The van der Waals surface area contributed by atoms with Crippen molar-refractivity contribution in [2.75, 3.05) is 19.7 Å². The summed E-state index contributed by atoms with van der Waals surface area (Å²) in [5.41, 5.74) is -1.09. The summed E-state index contributed by atoms with van der Waals surface area (Å²) in [5, 5.41) is 18.0. The summed E-state index contributed by atoms with van der Waals surface area (Å²) >= 11 is 0. The molecule has 1 saturated heterocycles. The van der Waals surface area contributed by atoms with Crippen molar-refractivity contribution < 1.29 is 23.4 Å². The first-order valence-electron chi connectivity index (χ1n) is 7.37. The quantitative estimate of drug-likeness (QED) is 0.863. The Balaban J connectivity index is 1.54. The summed E-state index contributed by atoms with van der Waals surface area (Å²) < 4.78 is 32.9. The van der Waals surface area contributed by atoms with Crippen molar-refractivity contribution in [3.63, 3.8) is 0 Å². The van der Waals surface area contributed by atoms with E-state index in [9.17, 15) is 18.7 Å². The predicted molar refractivity (Wildman–Crippen MR) is 78.0 cm³/mol. The standard InChI is InChI=1S/C15H16F2N4O3/c16-11-1-2-13(12(17)7-11)24-8-14(22)20-5-3-15(23,9-20)10-21-6-4-18-19-21/h1-2,4,6-7,23H,3,5,8-10H2. The highest BCUT2D eigenvalue weighted by Crippen LogP contribution is 2.23. The minimum atomic E-state index is -1.09. The maximum absolute atomic E-state index is 13.5. The topological polar surface area (TPSA) is 80.5 Å². The van der Waals surface area contributed by atoms with Crippen LogP contribution in [-0.4, -0.2) is 56.2 Å². The van der Waals surface area contributed by atoms with Gasteiger partial charge in [0, 0.05) is 18.8 Å². The van der Waals surface area contributed by atoms with E-state index in [4.69, 9.17) is 4.74 Å². The van der Waals surface area contributed by atoms with E-state index in [0.29, 0.717) is 19.0 Å². The van der Waals surface area contributed by atoms with Crippen molar-refractivity contribution in [3.05, 3.63) is 42.2 Å². The number of halogens is 2. The summed E-state index contributed by atoms with van der Waals surface area (Å²) in [6.07, 6.45) is 3.53. The number of nitrogens with zero attached hydrogens (tertiary/aromatic N) is 4. The second kappa shape index (κ2) is 6.52. The van der Waals surface area contributed by atoms with E-state index >= 15 is 0 Å². The first-order valence-corrected chi connectivity index (χ1v) is 7.37. The van der Waals surface area contributed by atoms with Crippen molar-refractivity contribution in [3.8, 4) is 5.75 Å². The molecule has 7 nitrogen and oxygen atoms in total. The van der Waals surface area contributed by atoms with Crippen LogP contribution in [0.3, 0.4) is 0 Å². The molecule has 1 amide bonds. The summed E-state index contributed by atoms with van der Waals surface area (Å²) in [7, 11) is 0. The van der Waals surface area contributed by atoms with Gasteiger partial charge in [0.2, 0.25) is 0 Å². The first-order chi connectivity index (χ1) is 11.5. The third-order valence-electron chi connectivity index (χ3n) is 3.86. The van der Waals surface area contributed by atoms with Gasteiger partial charge in [-0.25, -0.2) is 13.5 Å². The van der Waals surface area contributed by atoms with Crippen LogP contribution in [0.2, 0.25) is 0 Å². The molecule has 24 heavy (non-hydrogen) atoms. The van der Waals surface area contributed by atoms with Gasteiger partial charge in [0.1, 0.15) is 11.4 Å². The zero-order valence-electron chi connectivity index (χ0n) is 12.7. The molecule has 2 heterocycles. The summed E-state index contributed by atoms with van der Waals surface area (Å²) in [5.74, 6) is -2.16. The molecule has 0 spiro atoms. The van der Waals surface area contributed by atoms with Crippen LogP contribution in [0.25, 0.3) is 0 Å². The Hall–Kier alpha value is -2.55. The van der Waals surface area contributed by atoms with Gasteiger partial charge in [0.25, 0.3) is 5.91 Å². The molecule has 1 aliphatic rings. The van der Waals surface area contributed by atoms with E-state index in [1.54, 1.807) is 6.20 Å². The van der Waals surface area contributed by atoms with Gasteiger partial charge in [-0.05, 0) is 18.6 Å². The van der Waals surface area contributed by atoms with E-state index in [-0.39, 0.29) is 31.4 Å². The van der Waals surface area contributed by atoms with Crippen molar-refractivity contribution in [2.24, 2.45) is 0 Å². The van der Waals surface area contributed by atoms with Crippen LogP contribution in [0.4, 0.5) is 8.78 Å². The largest absolute Gasteiger partial charge is 0.481 e. The maximum atomic E-state index is 13.5. The number of amides is 1. The molecule has 1 unspecified atom stereocenters. The number of likely N-dealkylation sites (tertiary alicyclic amines) is 1. The minimum absolute atomic E-state index is 0.126. The number of hydrogen-bond donors (Lipinski definition) is 1. The lowest BCUT2D eigenvalue weighted by atomic mass is 10.0. The van der Waals surface area contributed by atoms with Gasteiger partial charge in [0.05, 0.1) is 19.3 Å². The van der Waals surface area contributed by atoms with Crippen molar-refractivity contribution in [2.45, 2.75) is 18.6 Å². The number of rotatable bonds is 5. The molecule has 1 N–H and O–H groups in total. The highest BCUT2D eigenvalue weighted by atomic mass is 19.1. The molecule has 9 heteroatoms. The van der Waals surface area contributed by atoms with Crippen LogP contribution >= 0.6 is 0 Å². The van der Waals surface area contributed by atoms with Gasteiger partial charge < -0.3 is 14.7 Å². The summed E-state index contributed by atoms with van der Waals surface area (Å²) in [6.45, 7) is 0.326. The van der Waals surface area contributed by atoms with Crippen molar-refractivity contribution in [1.82, 2.24) is 19.9 Å². The molecule has 128 valence electrons. The van der Waals surface area contributed by atoms with Gasteiger partial charge in [-0.15, -0.1) is 5.10 Å². The van der Waals surface area contributed by atoms with E-state index in [0.717, 1.165) is 12.1 Å². The molecule has 1 atom stereocenters. The molecule has 3 rings (SSSR count). The summed E-state index contributed by atoms with van der Waals surface area (Å²) in [6, 6.07) is 2.87. The second-order valence-electron chi connectivity index (χ2n) is 5.75. The molecule has 2 aromatic rings. The lowest BCUT2D eigenvalue weighted by molar-refractivity contribution is -0.133. The molecular weight excluding hydrogens is 322 g/mol. The average Bonchev–Trinajstić information content (AvgIpc) is 3.16. The molecule has 0 saturated carbocycles. The Bertz CT molecular complexity index is 726. The zero-order valence-corrected chi connectivity index (χ0v) is 12.7. The van der Waals surface area contributed by atoms with Crippen LogP contribution in [-0.2, 0) is 11.3 Å². The van der Waals surface area contributed by atoms with Gasteiger partial charge in [-0.2, -0.15) is 0 Å². The molecule has 1 fully saturated rings. The second-order valence-corrected chi connectivity index (χ2v) is 5.75. The van der Waals surface area contributed by atoms with Crippen LogP contribution in [0.1, 0.15) is 6.42 Å². The number of hydrogen-bond acceptors (Lipinski definition) is 5. The monoisotopic (exact) mass is 338 g/mol. The smallest absolute Gasteiger partial charge is 0.260 e. The fourth-order valence-corrected chi connectivity index (χ4v) is 2.64. The first kappa shape index (κ1) is 16.3. The number of aromatic nitrogens is 3. The van der Waals surface area contributed by atoms with Crippen LogP contribution < -0.4 is 4.74 Å². The molecule has 1 aliphatic heterocycles. The number of aliphatic hydroxyl groups is 1. The van der Waals surface area contributed by atoms with Crippen LogP contribution in [0.5, 0.6) is 5.75 Å². The molecule has 0 aliphatic carbocycles. The number of carbonyl (C=O) groups excluding carboxylic acids is 1. The van der Waals surface area contributed by atoms with Gasteiger partial charge in [-0.1, -0.05) is 5.21 Å². The normalized spacial score (nSPS) is 20.4. The Kier molecular flexibility index (Phi) is 4.43. The number of carbonyl (C=O) groups is 1. The highest BCUT2D eigenvalue weighted by molar-refractivity contribution is 5.78. The van der Waals surface area contributed by atoms with E-state index < -0.39 is 17.2 Å². The number of benzene rings is 1. The third kappa shape index (κ3) is 3.67. The molecule has 0 bridgehead atoms. The Labute approximate surface area is 136 Å². The molecular formula is C15H16F2N4O3. The Morgan fingerprint density at radius 2 is 2.25 bits per heavy atom. The molecule has 0 radical (unpaired) electrons. The van der Waals surface area contributed by atoms with E-state index in [1.807, 2.05) is 0 Å². The van der Waals surface area contributed by atoms with Gasteiger partial charge in [0.15, 0.2) is 18.2 Å². The Morgan fingerprint density at radius 1 is 1.42 bits per heavy atom. The lowest BCUT2D eigenvalue weighted by Crippen LogP contribution is -2.40. The van der Waals surface area contributed by atoms with Crippen LogP contribution in [0, 0.1) is 11.6 Å². The van der Waals surface area contributed by atoms with Crippen molar-refractivity contribution >= 4 is 5.91 Å². The van der Waals surface area contributed by atoms with Crippen LogP contribution in [0.15, 0.2) is 30.6 Å². The predicted octanol–water partition coefficient (Wildman–Crippen LogP) is 0.599. The third-order valence-corrected chi connectivity index (χ3v) is 3.86. The number of ether oxygens (including phenoxy) is 1. The van der Waals surface area contributed by atoms with E-state index in [2.05, 4.69) is 10.3 Å². The fraction of sp³-hybridized carbons (Fsp3) is 0.400. The summed E-state index contributed by atoms with van der Waals surface area (Å²) in [4.78, 5) is 13.6. The molecule has 1 aromatic carbocycles. The van der Waals surface area contributed by atoms with Gasteiger partial charge >= 0.3 is 0 Å². The average molecular weight is 338 g/mol. The van der Waals surface area contributed by atoms with Crippen molar-refractivity contribution in [1.29, 1.82) is 0 Å².